The summed E-state index contributed by atoms with van der Waals surface area (Å²) in [5.74, 6) is -1.52. The van der Waals surface area contributed by atoms with Crippen molar-refractivity contribution in [2.45, 2.75) is 13.5 Å². The van der Waals surface area contributed by atoms with E-state index in [4.69, 9.17) is 14.6 Å². The van der Waals surface area contributed by atoms with E-state index in [0.29, 0.717) is 22.4 Å². The molecule has 0 saturated carbocycles. The lowest BCUT2D eigenvalue weighted by Crippen LogP contribution is -2.27. The summed E-state index contributed by atoms with van der Waals surface area (Å²) < 4.78 is 10.0. The third-order valence-electron chi connectivity index (χ3n) is 4.22. The first-order chi connectivity index (χ1) is 14.9. The summed E-state index contributed by atoms with van der Waals surface area (Å²) in [4.78, 5) is 48.7. The van der Waals surface area contributed by atoms with E-state index in [1.165, 1.54) is 0 Å². The van der Waals surface area contributed by atoms with E-state index in [9.17, 15) is 19.2 Å². The van der Waals surface area contributed by atoms with Gasteiger partial charge in [-0.2, -0.15) is 0 Å². The number of esters is 1. The molecule has 2 aromatic carbocycles. The number of ether oxygens (including phenoxy) is 2. The predicted molar refractivity (Wildman–Crippen MR) is 113 cm³/mol. The quantitative estimate of drug-likeness (QED) is 0.489. The smallest absolute Gasteiger partial charge is 0.341 e. The van der Waals surface area contributed by atoms with E-state index in [2.05, 4.69) is 0 Å². The number of aliphatic carboxylic acids is 1. The van der Waals surface area contributed by atoms with Gasteiger partial charge < -0.3 is 14.6 Å². The minimum absolute atomic E-state index is 0.0904. The fraction of sp³-hybridized carbons (Fsp3) is 0.182. The van der Waals surface area contributed by atoms with Crippen molar-refractivity contribution in [1.29, 1.82) is 0 Å². The summed E-state index contributed by atoms with van der Waals surface area (Å²) in [7, 11) is 0. The van der Waals surface area contributed by atoms with Gasteiger partial charge in [-0.05, 0) is 60.2 Å². The molecule has 8 nitrogen and oxygen atoms in total. The van der Waals surface area contributed by atoms with Crippen LogP contribution in [-0.2, 0) is 20.9 Å². The number of carbonyl (C=O) groups is 4. The van der Waals surface area contributed by atoms with Crippen molar-refractivity contribution in [3.63, 3.8) is 0 Å². The summed E-state index contributed by atoms with van der Waals surface area (Å²) in [6.45, 7) is 1.65. The molecule has 1 N–H and O–H groups in total. The van der Waals surface area contributed by atoms with Crippen molar-refractivity contribution < 1.29 is 33.8 Å². The highest BCUT2D eigenvalue weighted by Gasteiger charge is 2.35. The summed E-state index contributed by atoms with van der Waals surface area (Å²) in [6, 6.07) is 13.0. The number of nitrogens with zero attached hydrogens (tertiary/aromatic N) is 1. The van der Waals surface area contributed by atoms with Crippen LogP contribution in [0.1, 0.15) is 28.4 Å². The Morgan fingerprint density at radius 2 is 1.74 bits per heavy atom. The third-order valence-corrected chi connectivity index (χ3v) is 5.13. The van der Waals surface area contributed by atoms with E-state index >= 15 is 0 Å². The first-order valence-electron chi connectivity index (χ1n) is 9.33. The van der Waals surface area contributed by atoms with Gasteiger partial charge in [0.25, 0.3) is 11.1 Å². The molecule has 1 saturated heterocycles. The number of benzene rings is 2. The monoisotopic (exact) mass is 441 g/mol. The number of imide groups is 1. The zero-order chi connectivity index (χ0) is 22.4. The number of thioether (sulfide) groups is 1. The average molecular weight is 441 g/mol. The van der Waals surface area contributed by atoms with Gasteiger partial charge >= 0.3 is 11.9 Å². The number of carboxylic acid groups (broad SMARTS) is 1. The van der Waals surface area contributed by atoms with Crippen molar-refractivity contribution >= 4 is 40.9 Å². The molecule has 0 radical (unpaired) electrons. The van der Waals surface area contributed by atoms with Gasteiger partial charge in [-0.25, -0.2) is 9.59 Å². The number of hydrogen-bond donors (Lipinski definition) is 1. The van der Waals surface area contributed by atoms with Crippen molar-refractivity contribution in [1.82, 2.24) is 4.90 Å². The maximum atomic E-state index is 12.7. The third kappa shape index (κ3) is 5.73. The predicted octanol–water partition coefficient (Wildman–Crippen LogP) is 3.56. The van der Waals surface area contributed by atoms with Crippen LogP contribution in [0.2, 0.25) is 0 Å². The molecular formula is C22H19NO7S. The Hall–Kier alpha value is -3.59. The first-order valence-corrected chi connectivity index (χ1v) is 10.1. The molecule has 31 heavy (non-hydrogen) atoms. The van der Waals surface area contributed by atoms with Gasteiger partial charge in [0, 0.05) is 0 Å². The molecule has 0 bridgehead atoms. The molecule has 1 aliphatic rings. The highest BCUT2D eigenvalue weighted by molar-refractivity contribution is 8.18. The standard InChI is InChI=1S/C22H19NO7S/c1-2-29-21(27)16-7-3-15(4-8-16)12-23-20(26)18(31-22(23)28)11-14-5-9-17(10-6-14)30-13-19(24)25/h3-11H,2,12-13H2,1H3,(H,24,25). The fourth-order valence-electron chi connectivity index (χ4n) is 2.74. The second kappa shape index (κ2) is 9.94. The lowest BCUT2D eigenvalue weighted by Gasteiger charge is -2.12. The molecule has 160 valence electrons. The van der Waals surface area contributed by atoms with E-state index in [1.807, 2.05) is 0 Å². The SMILES string of the molecule is CCOC(=O)c1ccc(CN2C(=O)SC(=Cc3ccc(OCC(=O)O)cc3)C2=O)cc1. The first kappa shape index (κ1) is 22.1. The number of amides is 2. The van der Waals surface area contributed by atoms with E-state index in [0.717, 1.165) is 16.7 Å². The molecule has 2 amide bonds. The molecular weight excluding hydrogens is 422 g/mol. The highest BCUT2D eigenvalue weighted by atomic mass is 32.2. The van der Waals surface area contributed by atoms with Crippen LogP contribution in [0, 0.1) is 0 Å². The second-order valence-corrected chi connectivity index (χ2v) is 7.43. The zero-order valence-corrected chi connectivity index (χ0v) is 17.4. The van der Waals surface area contributed by atoms with Crippen LogP contribution in [0.15, 0.2) is 53.4 Å². The lowest BCUT2D eigenvalue weighted by atomic mass is 10.1. The molecule has 0 aliphatic carbocycles. The molecule has 2 aromatic rings. The number of carboxylic acids is 1. The van der Waals surface area contributed by atoms with Crippen molar-refractivity contribution in [3.05, 3.63) is 70.1 Å². The Kier molecular flexibility index (Phi) is 7.09. The van der Waals surface area contributed by atoms with Crippen LogP contribution in [0.3, 0.4) is 0 Å². The summed E-state index contributed by atoms with van der Waals surface area (Å²) in [5.41, 5.74) is 1.78. The Labute approximate surface area is 182 Å². The number of rotatable bonds is 8. The van der Waals surface area contributed by atoms with Crippen molar-refractivity contribution in [2.75, 3.05) is 13.2 Å². The number of hydrogen-bond acceptors (Lipinski definition) is 7. The minimum atomic E-state index is -1.08. The molecule has 0 spiro atoms. The summed E-state index contributed by atoms with van der Waals surface area (Å²) in [5, 5.41) is 8.25. The maximum absolute atomic E-state index is 12.7. The van der Waals surface area contributed by atoms with Gasteiger partial charge in [0.15, 0.2) is 6.61 Å². The van der Waals surface area contributed by atoms with E-state index in [-0.39, 0.29) is 23.3 Å². The van der Waals surface area contributed by atoms with Gasteiger partial charge in [0.05, 0.1) is 23.6 Å². The van der Waals surface area contributed by atoms with Crippen LogP contribution < -0.4 is 4.74 Å². The molecule has 1 aliphatic heterocycles. The Balaban J connectivity index is 1.66. The molecule has 1 fully saturated rings. The van der Waals surface area contributed by atoms with Crippen LogP contribution in [0.4, 0.5) is 4.79 Å². The van der Waals surface area contributed by atoms with Gasteiger partial charge in [-0.1, -0.05) is 24.3 Å². The highest BCUT2D eigenvalue weighted by Crippen LogP contribution is 2.33. The Morgan fingerprint density at radius 3 is 2.35 bits per heavy atom. The Morgan fingerprint density at radius 1 is 1.06 bits per heavy atom. The van der Waals surface area contributed by atoms with Crippen LogP contribution in [0.25, 0.3) is 6.08 Å². The van der Waals surface area contributed by atoms with Gasteiger partial charge in [-0.3, -0.25) is 14.5 Å². The summed E-state index contributed by atoms with van der Waals surface area (Å²) in [6.07, 6.45) is 1.59. The molecule has 1 heterocycles. The fourth-order valence-corrected chi connectivity index (χ4v) is 3.57. The second-order valence-electron chi connectivity index (χ2n) is 6.44. The maximum Gasteiger partial charge on any atom is 0.341 e. The van der Waals surface area contributed by atoms with Gasteiger partial charge in [0.2, 0.25) is 0 Å². The average Bonchev–Trinajstić information content (AvgIpc) is 3.01. The molecule has 0 unspecified atom stereocenters. The van der Waals surface area contributed by atoms with Crippen LogP contribution in [-0.4, -0.2) is 46.3 Å². The Bertz CT molecular complexity index is 1030. The molecule has 0 atom stereocenters. The topological polar surface area (TPSA) is 110 Å². The van der Waals surface area contributed by atoms with Crippen LogP contribution in [0.5, 0.6) is 5.75 Å². The largest absolute Gasteiger partial charge is 0.482 e. The van der Waals surface area contributed by atoms with Gasteiger partial charge in [0.1, 0.15) is 5.75 Å². The normalized spacial score (nSPS) is 14.7. The van der Waals surface area contributed by atoms with Crippen molar-refractivity contribution in [3.8, 4) is 5.75 Å². The molecule has 3 rings (SSSR count). The molecule has 0 aromatic heterocycles. The minimum Gasteiger partial charge on any atom is -0.482 e. The lowest BCUT2D eigenvalue weighted by molar-refractivity contribution is -0.139. The molecule has 9 heteroatoms. The van der Waals surface area contributed by atoms with Gasteiger partial charge in [-0.15, -0.1) is 0 Å². The van der Waals surface area contributed by atoms with Crippen molar-refractivity contribution in [2.24, 2.45) is 0 Å². The summed E-state index contributed by atoms with van der Waals surface area (Å²) >= 11 is 0.844. The van der Waals surface area contributed by atoms with E-state index < -0.39 is 24.5 Å². The zero-order valence-electron chi connectivity index (χ0n) is 16.6. The van der Waals surface area contributed by atoms with Crippen LogP contribution >= 0.6 is 11.8 Å². The number of carbonyl (C=O) groups excluding carboxylic acids is 3. The van der Waals surface area contributed by atoms with E-state index in [1.54, 1.807) is 61.5 Å².